The van der Waals surface area contributed by atoms with Gasteiger partial charge in [-0.25, -0.2) is 4.79 Å². The second-order valence-electron chi connectivity index (χ2n) is 8.46. The van der Waals surface area contributed by atoms with E-state index in [1.807, 2.05) is 17.4 Å². The van der Waals surface area contributed by atoms with Gasteiger partial charge in [-0.2, -0.15) is 0 Å². The highest BCUT2D eigenvalue weighted by Gasteiger charge is 2.24. The van der Waals surface area contributed by atoms with Gasteiger partial charge in [0.2, 0.25) is 0 Å². The van der Waals surface area contributed by atoms with E-state index in [4.69, 9.17) is 4.74 Å². The summed E-state index contributed by atoms with van der Waals surface area (Å²) in [6.45, 7) is 7.93. The molecule has 0 saturated carbocycles. The maximum absolute atomic E-state index is 12.5. The van der Waals surface area contributed by atoms with Gasteiger partial charge in [-0.3, -0.25) is 9.80 Å². The number of urea groups is 1. The molecule has 1 atom stereocenters. The third-order valence-corrected chi connectivity index (χ3v) is 7.21. The van der Waals surface area contributed by atoms with E-state index in [2.05, 4.69) is 62.2 Å². The van der Waals surface area contributed by atoms with E-state index in [-0.39, 0.29) is 12.1 Å². The van der Waals surface area contributed by atoms with Gasteiger partial charge in [0.25, 0.3) is 0 Å². The Morgan fingerprint density at radius 3 is 2.52 bits per heavy atom. The van der Waals surface area contributed by atoms with Crippen LogP contribution in [-0.4, -0.2) is 68.3 Å². The molecule has 31 heavy (non-hydrogen) atoms. The number of nitrogens with zero attached hydrogens (tertiary/aromatic N) is 2. The fraction of sp³-hybridized carbons (Fsp3) is 0.542. The van der Waals surface area contributed by atoms with Crippen molar-refractivity contribution >= 4 is 17.4 Å². The van der Waals surface area contributed by atoms with Gasteiger partial charge in [-0.1, -0.05) is 36.4 Å². The molecule has 3 heterocycles. The lowest BCUT2D eigenvalue weighted by Gasteiger charge is -2.35. The van der Waals surface area contributed by atoms with Crippen molar-refractivity contribution in [3.63, 3.8) is 0 Å². The summed E-state index contributed by atoms with van der Waals surface area (Å²) >= 11 is 1.83. The molecular formula is C24H34N4O2S. The van der Waals surface area contributed by atoms with Crippen molar-refractivity contribution in [2.24, 2.45) is 5.92 Å². The number of carbonyl (C=O) groups excluding carboxylic acids is 1. The predicted molar refractivity (Wildman–Crippen MR) is 125 cm³/mol. The van der Waals surface area contributed by atoms with Crippen LogP contribution in [0.25, 0.3) is 0 Å². The molecule has 2 amide bonds. The number of ether oxygens (including phenoxy) is 1. The summed E-state index contributed by atoms with van der Waals surface area (Å²) in [5.74, 6) is 0.564. The molecule has 2 N–H and O–H groups in total. The van der Waals surface area contributed by atoms with Crippen LogP contribution in [0.4, 0.5) is 4.79 Å². The lowest BCUT2D eigenvalue weighted by molar-refractivity contribution is 0.0167. The Morgan fingerprint density at radius 2 is 1.81 bits per heavy atom. The van der Waals surface area contributed by atoms with Crippen LogP contribution in [0.1, 0.15) is 29.3 Å². The highest BCUT2D eigenvalue weighted by molar-refractivity contribution is 7.09. The molecule has 2 aromatic rings. The zero-order chi connectivity index (χ0) is 21.3. The van der Waals surface area contributed by atoms with Gasteiger partial charge in [0.15, 0.2) is 0 Å². The van der Waals surface area contributed by atoms with Gasteiger partial charge in [0, 0.05) is 37.6 Å². The number of nitrogens with one attached hydrogen (secondary N) is 2. The molecule has 2 aliphatic rings. The number of piperidine rings is 1. The van der Waals surface area contributed by atoms with E-state index in [0.29, 0.717) is 12.5 Å². The van der Waals surface area contributed by atoms with Gasteiger partial charge < -0.3 is 15.4 Å². The number of carbonyl (C=O) groups is 1. The number of morpholine rings is 1. The average Bonchev–Trinajstić information content (AvgIpc) is 3.33. The highest BCUT2D eigenvalue weighted by Crippen LogP contribution is 2.22. The molecule has 2 aliphatic heterocycles. The topological polar surface area (TPSA) is 56.8 Å². The van der Waals surface area contributed by atoms with Crippen molar-refractivity contribution < 1.29 is 9.53 Å². The third-order valence-electron chi connectivity index (χ3n) is 6.34. The average molecular weight is 443 g/mol. The first kappa shape index (κ1) is 22.3. The first-order valence-electron chi connectivity index (χ1n) is 11.4. The van der Waals surface area contributed by atoms with Crippen molar-refractivity contribution in [1.29, 1.82) is 0 Å². The smallest absolute Gasteiger partial charge is 0.314 e. The van der Waals surface area contributed by atoms with E-state index in [1.54, 1.807) is 0 Å². The van der Waals surface area contributed by atoms with Crippen LogP contribution in [0.2, 0.25) is 0 Å². The van der Waals surface area contributed by atoms with Gasteiger partial charge in [0.1, 0.15) is 0 Å². The Bertz CT molecular complexity index is 772. The predicted octanol–water partition coefficient (Wildman–Crippen LogP) is 3.33. The molecule has 0 bridgehead atoms. The molecule has 1 unspecified atom stereocenters. The normalized spacial score (nSPS) is 19.7. The second-order valence-corrected chi connectivity index (χ2v) is 9.50. The Morgan fingerprint density at radius 1 is 1.03 bits per heavy atom. The van der Waals surface area contributed by atoms with E-state index >= 15 is 0 Å². The molecule has 0 spiro atoms. The first-order chi connectivity index (χ1) is 15.3. The van der Waals surface area contributed by atoms with E-state index < -0.39 is 0 Å². The molecule has 1 aromatic carbocycles. The lowest BCUT2D eigenvalue weighted by atomic mass is 9.97. The molecule has 0 aliphatic carbocycles. The van der Waals surface area contributed by atoms with Crippen LogP contribution in [0.3, 0.4) is 0 Å². The van der Waals surface area contributed by atoms with Gasteiger partial charge in [-0.15, -0.1) is 11.3 Å². The number of hydrogen-bond acceptors (Lipinski definition) is 5. The van der Waals surface area contributed by atoms with Crippen molar-refractivity contribution in [3.05, 3.63) is 58.3 Å². The minimum atomic E-state index is -0.0600. The van der Waals surface area contributed by atoms with Crippen LogP contribution in [0.15, 0.2) is 47.8 Å². The number of thiophene rings is 1. The van der Waals surface area contributed by atoms with E-state index in [0.717, 1.165) is 65.3 Å². The number of benzene rings is 1. The summed E-state index contributed by atoms with van der Waals surface area (Å²) in [6, 6.07) is 14.9. The number of hydrogen-bond donors (Lipinski definition) is 2. The van der Waals surface area contributed by atoms with Gasteiger partial charge >= 0.3 is 6.03 Å². The fourth-order valence-electron chi connectivity index (χ4n) is 4.48. The van der Waals surface area contributed by atoms with Gasteiger partial charge in [0.05, 0.1) is 19.3 Å². The largest absolute Gasteiger partial charge is 0.379 e. The summed E-state index contributed by atoms with van der Waals surface area (Å²) in [6.07, 6.45) is 2.29. The monoisotopic (exact) mass is 442 g/mol. The summed E-state index contributed by atoms with van der Waals surface area (Å²) in [7, 11) is 0. The molecule has 2 fully saturated rings. The third kappa shape index (κ3) is 6.77. The standard InChI is InChI=1S/C24H34N4O2S/c29-24(25-17-20-8-10-27(11-9-20)19-22-7-4-16-31-22)26-18-23(21-5-2-1-3-6-21)28-12-14-30-15-13-28/h1-7,16,20,23H,8-15,17-19H2,(H2,25,26,29). The molecule has 0 radical (unpaired) electrons. The van der Waals surface area contributed by atoms with E-state index in [1.165, 1.54) is 10.4 Å². The molecule has 4 rings (SSSR count). The van der Waals surface area contributed by atoms with Crippen molar-refractivity contribution in [3.8, 4) is 0 Å². The van der Waals surface area contributed by atoms with Crippen molar-refractivity contribution in [2.45, 2.75) is 25.4 Å². The highest BCUT2D eigenvalue weighted by atomic mass is 32.1. The summed E-state index contributed by atoms with van der Waals surface area (Å²) in [5.41, 5.74) is 1.24. The van der Waals surface area contributed by atoms with Crippen LogP contribution in [0, 0.1) is 5.92 Å². The lowest BCUT2D eigenvalue weighted by Crippen LogP contribution is -2.46. The maximum Gasteiger partial charge on any atom is 0.314 e. The fourth-order valence-corrected chi connectivity index (χ4v) is 5.23. The molecule has 1 aromatic heterocycles. The Balaban J connectivity index is 1.19. The number of amides is 2. The number of likely N-dealkylation sites (tertiary alicyclic amines) is 1. The molecule has 6 nitrogen and oxygen atoms in total. The van der Waals surface area contributed by atoms with Crippen molar-refractivity contribution in [1.82, 2.24) is 20.4 Å². The van der Waals surface area contributed by atoms with Crippen molar-refractivity contribution in [2.75, 3.05) is 52.5 Å². The minimum Gasteiger partial charge on any atom is -0.379 e. The Kier molecular flexibility index (Phi) is 8.35. The number of rotatable bonds is 8. The molecule has 7 heteroatoms. The van der Waals surface area contributed by atoms with Crippen LogP contribution < -0.4 is 10.6 Å². The van der Waals surface area contributed by atoms with Crippen LogP contribution in [-0.2, 0) is 11.3 Å². The zero-order valence-electron chi connectivity index (χ0n) is 18.2. The second kappa shape index (κ2) is 11.6. The molecular weight excluding hydrogens is 408 g/mol. The maximum atomic E-state index is 12.5. The van der Waals surface area contributed by atoms with E-state index in [9.17, 15) is 4.79 Å². The quantitative estimate of drug-likeness (QED) is 0.658. The Hall–Kier alpha value is -1.93. The molecule has 2 saturated heterocycles. The first-order valence-corrected chi connectivity index (χ1v) is 12.3. The van der Waals surface area contributed by atoms with Crippen LogP contribution >= 0.6 is 11.3 Å². The Labute approximate surface area is 189 Å². The van der Waals surface area contributed by atoms with Gasteiger partial charge in [-0.05, 0) is 48.9 Å². The zero-order valence-corrected chi connectivity index (χ0v) is 19.0. The summed E-state index contributed by atoms with van der Waals surface area (Å²) in [5, 5.41) is 8.37. The SMILES string of the molecule is O=C(NCC1CCN(Cc2cccs2)CC1)NCC(c1ccccc1)N1CCOCC1. The summed E-state index contributed by atoms with van der Waals surface area (Å²) in [4.78, 5) is 18.9. The minimum absolute atomic E-state index is 0.0600. The molecule has 168 valence electrons. The summed E-state index contributed by atoms with van der Waals surface area (Å²) < 4.78 is 5.51. The van der Waals surface area contributed by atoms with Crippen LogP contribution in [0.5, 0.6) is 0 Å².